The lowest BCUT2D eigenvalue weighted by Gasteiger charge is -2.26. The standard InChI is InChI=1S/C13H19F3N2OS/c1-3-19-12(6-4-5-7-12)11-18-10(13(14,15)16)9(20-11)8-17-2/h17H,3-8H2,1-2H3. The van der Waals surface area contributed by atoms with Crippen LogP contribution in [0.1, 0.15) is 48.2 Å². The first-order valence-corrected chi connectivity index (χ1v) is 7.60. The van der Waals surface area contributed by atoms with Gasteiger partial charge in [-0.3, -0.25) is 0 Å². The number of ether oxygens (including phenoxy) is 1. The molecule has 0 saturated heterocycles. The molecule has 0 spiro atoms. The molecule has 1 aromatic heterocycles. The average molecular weight is 308 g/mol. The van der Waals surface area contributed by atoms with Gasteiger partial charge in [0.2, 0.25) is 0 Å². The molecule has 0 amide bonds. The Kier molecular flexibility index (Phi) is 4.71. The smallest absolute Gasteiger partial charge is 0.368 e. The van der Waals surface area contributed by atoms with Crippen molar-refractivity contribution in [3.63, 3.8) is 0 Å². The number of hydrogen-bond donors (Lipinski definition) is 1. The monoisotopic (exact) mass is 308 g/mol. The lowest BCUT2D eigenvalue weighted by atomic mass is 10.0. The zero-order valence-electron chi connectivity index (χ0n) is 11.6. The first kappa shape index (κ1) is 15.7. The van der Waals surface area contributed by atoms with E-state index in [1.54, 1.807) is 7.05 Å². The number of nitrogens with one attached hydrogen (secondary N) is 1. The maximum absolute atomic E-state index is 13.1. The van der Waals surface area contributed by atoms with Crippen LogP contribution in [0.3, 0.4) is 0 Å². The number of halogens is 3. The van der Waals surface area contributed by atoms with Crippen molar-refractivity contribution in [1.29, 1.82) is 0 Å². The maximum atomic E-state index is 13.1. The van der Waals surface area contributed by atoms with Crippen molar-refractivity contribution in [2.45, 2.75) is 50.9 Å². The van der Waals surface area contributed by atoms with E-state index in [1.807, 2.05) is 6.92 Å². The van der Waals surface area contributed by atoms with Crippen molar-refractivity contribution in [2.24, 2.45) is 0 Å². The Morgan fingerprint density at radius 2 is 2.00 bits per heavy atom. The predicted octanol–water partition coefficient (Wildman–Crippen LogP) is 3.69. The predicted molar refractivity (Wildman–Crippen MR) is 71.7 cm³/mol. The van der Waals surface area contributed by atoms with Crippen LogP contribution < -0.4 is 5.32 Å². The summed E-state index contributed by atoms with van der Waals surface area (Å²) >= 11 is 1.13. The van der Waals surface area contributed by atoms with Gasteiger partial charge in [0.05, 0.1) is 4.88 Å². The van der Waals surface area contributed by atoms with Crippen molar-refractivity contribution >= 4 is 11.3 Å². The lowest BCUT2D eigenvalue weighted by molar-refractivity contribution is -0.141. The summed E-state index contributed by atoms with van der Waals surface area (Å²) in [4.78, 5) is 4.14. The van der Waals surface area contributed by atoms with Crippen LogP contribution in [0, 0.1) is 0 Å². The quantitative estimate of drug-likeness (QED) is 0.901. The molecule has 1 heterocycles. The van der Waals surface area contributed by atoms with Gasteiger partial charge in [0.25, 0.3) is 0 Å². The van der Waals surface area contributed by atoms with Crippen molar-refractivity contribution in [2.75, 3.05) is 13.7 Å². The number of aromatic nitrogens is 1. The van der Waals surface area contributed by atoms with Crippen LogP contribution in [0.5, 0.6) is 0 Å². The number of hydrogen-bond acceptors (Lipinski definition) is 4. The molecule has 0 radical (unpaired) electrons. The highest BCUT2D eigenvalue weighted by Gasteiger charge is 2.44. The van der Waals surface area contributed by atoms with Crippen LogP contribution in [-0.4, -0.2) is 18.6 Å². The summed E-state index contributed by atoms with van der Waals surface area (Å²) in [6.45, 7) is 2.53. The number of rotatable bonds is 5. The highest BCUT2D eigenvalue weighted by Crippen LogP contribution is 2.46. The van der Waals surface area contributed by atoms with E-state index in [9.17, 15) is 13.2 Å². The Hall–Kier alpha value is -0.660. The zero-order chi connectivity index (χ0) is 14.8. The van der Waals surface area contributed by atoms with Gasteiger partial charge in [-0.05, 0) is 26.8 Å². The van der Waals surface area contributed by atoms with Gasteiger partial charge in [-0.1, -0.05) is 12.8 Å². The third kappa shape index (κ3) is 2.99. The Morgan fingerprint density at radius 3 is 2.50 bits per heavy atom. The second-order valence-corrected chi connectivity index (χ2v) is 6.04. The topological polar surface area (TPSA) is 34.1 Å². The molecule has 20 heavy (non-hydrogen) atoms. The van der Waals surface area contributed by atoms with Crippen LogP contribution in [0.4, 0.5) is 13.2 Å². The molecule has 1 aliphatic carbocycles. The fourth-order valence-electron chi connectivity index (χ4n) is 2.69. The van der Waals surface area contributed by atoms with Crippen molar-refractivity contribution in [3.05, 3.63) is 15.6 Å². The highest BCUT2D eigenvalue weighted by molar-refractivity contribution is 7.11. The summed E-state index contributed by atoms with van der Waals surface area (Å²) in [7, 11) is 1.63. The van der Waals surface area contributed by atoms with Gasteiger partial charge >= 0.3 is 6.18 Å². The SMILES string of the molecule is CCOC1(c2nc(C(F)(F)F)c(CNC)s2)CCCC1. The van der Waals surface area contributed by atoms with E-state index in [1.165, 1.54) is 0 Å². The summed E-state index contributed by atoms with van der Waals surface area (Å²) in [6, 6.07) is 0. The van der Waals surface area contributed by atoms with Crippen LogP contribution >= 0.6 is 11.3 Å². The van der Waals surface area contributed by atoms with Crippen LogP contribution in [0.2, 0.25) is 0 Å². The van der Waals surface area contributed by atoms with E-state index >= 15 is 0 Å². The summed E-state index contributed by atoms with van der Waals surface area (Å²) in [5, 5.41) is 3.26. The van der Waals surface area contributed by atoms with Gasteiger partial charge < -0.3 is 10.1 Å². The van der Waals surface area contributed by atoms with Crippen LogP contribution in [0.25, 0.3) is 0 Å². The van der Waals surface area contributed by atoms with E-state index < -0.39 is 17.5 Å². The Labute approximate surface area is 120 Å². The Morgan fingerprint density at radius 1 is 1.35 bits per heavy atom. The van der Waals surface area contributed by atoms with Gasteiger partial charge in [-0.25, -0.2) is 4.98 Å². The molecular formula is C13H19F3N2OS. The fraction of sp³-hybridized carbons (Fsp3) is 0.769. The van der Waals surface area contributed by atoms with Gasteiger partial charge in [0.1, 0.15) is 10.6 Å². The molecule has 7 heteroatoms. The second-order valence-electron chi connectivity index (χ2n) is 4.95. The maximum Gasteiger partial charge on any atom is 0.434 e. The van der Waals surface area contributed by atoms with Crippen molar-refractivity contribution in [3.8, 4) is 0 Å². The van der Waals surface area contributed by atoms with Gasteiger partial charge in [-0.15, -0.1) is 11.3 Å². The molecule has 1 aliphatic rings. The molecule has 1 saturated carbocycles. The molecule has 2 rings (SSSR count). The first-order chi connectivity index (χ1) is 9.43. The largest absolute Gasteiger partial charge is 0.434 e. The van der Waals surface area contributed by atoms with Crippen molar-refractivity contribution in [1.82, 2.24) is 10.3 Å². The van der Waals surface area contributed by atoms with E-state index in [-0.39, 0.29) is 11.4 Å². The van der Waals surface area contributed by atoms with Gasteiger partial charge in [-0.2, -0.15) is 13.2 Å². The van der Waals surface area contributed by atoms with E-state index in [4.69, 9.17) is 4.74 Å². The highest BCUT2D eigenvalue weighted by atomic mass is 32.1. The van der Waals surface area contributed by atoms with Gasteiger partial charge in [0.15, 0.2) is 5.69 Å². The molecule has 0 atom stereocenters. The molecule has 1 N–H and O–H groups in total. The van der Waals surface area contributed by atoms with E-state index in [0.717, 1.165) is 37.0 Å². The summed E-state index contributed by atoms with van der Waals surface area (Å²) in [5.41, 5.74) is -1.37. The number of nitrogens with zero attached hydrogens (tertiary/aromatic N) is 1. The van der Waals surface area contributed by atoms with E-state index in [2.05, 4.69) is 10.3 Å². The normalized spacial score (nSPS) is 18.6. The van der Waals surface area contributed by atoms with Crippen LogP contribution in [-0.2, 0) is 23.1 Å². The first-order valence-electron chi connectivity index (χ1n) is 6.79. The summed E-state index contributed by atoms with van der Waals surface area (Å²) in [6.07, 6.45) is -0.952. The minimum atomic E-state index is -4.41. The molecule has 0 unspecified atom stereocenters. The summed E-state index contributed by atoms with van der Waals surface area (Å²) in [5.74, 6) is 0. The van der Waals surface area contributed by atoms with E-state index in [0.29, 0.717) is 11.6 Å². The zero-order valence-corrected chi connectivity index (χ0v) is 12.5. The number of thiazole rings is 1. The molecular weight excluding hydrogens is 289 g/mol. The summed E-state index contributed by atoms with van der Waals surface area (Å²) < 4.78 is 45.0. The third-order valence-corrected chi connectivity index (χ3v) is 4.77. The average Bonchev–Trinajstić information content (AvgIpc) is 2.96. The van der Waals surface area contributed by atoms with Gasteiger partial charge in [0, 0.05) is 13.2 Å². The number of alkyl halides is 3. The Balaban J connectivity index is 2.41. The second kappa shape index (κ2) is 5.99. The molecule has 1 fully saturated rings. The molecule has 1 aromatic rings. The molecule has 3 nitrogen and oxygen atoms in total. The molecule has 0 bridgehead atoms. The van der Waals surface area contributed by atoms with Crippen molar-refractivity contribution < 1.29 is 17.9 Å². The Bertz CT molecular complexity index is 453. The third-order valence-electron chi connectivity index (χ3n) is 3.52. The minimum absolute atomic E-state index is 0.175. The molecule has 0 aromatic carbocycles. The van der Waals surface area contributed by atoms with Crippen LogP contribution in [0.15, 0.2) is 0 Å². The lowest BCUT2D eigenvalue weighted by Crippen LogP contribution is -2.26. The minimum Gasteiger partial charge on any atom is -0.368 e. The molecule has 114 valence electrons. The fourth-order valence-corrected chi connectivity index (χ4v) is 3.98. The molecule has 0 aliphatic heterocycles.